The molecule has 3 rings (SSSR count). The quantitative estimate of drug-likeness (QED) is 0.671. The van der Waals surface area contributed by atoms with Gasteiger partial charge in [0.15, 0.2) is 0 Å². The van der Waals surface area contributed by atoms with Crippen LogP contribution < -0.4 is 10.3 Å². The first kappa shape index (κ1) is 19.6. The van der Waals surface area contributed by atoms with Crippen LogP contribution >= 0.6 is 11.6 Å². The Hall–Kier alpha value is -2.17. The average molecular weight is 415 g/mol. The Morgan fingerprint density at radius 3 is 2.22 bits per heavy atom. The number of nitrogens with zero attached hydrogens (tertiary/aromatic N) is 4. The van der Waals surface area contributed by atoms with Crippen molar-refractivity contribution in [1.82, 2.24) is 14.1 Å². The predicted octanol–water partition coefficient (Wildman–Crippen LogP) is -1.16. The molecule has 0 aliphatic carbocycles. The van der Waals surface area contributed by atoms with Gasteiger partial charge < -0.3 is 4.90 Å². The van der Waals surface area contributed by atoms with E-state index in [2.05, 4.69) is 0 Å². The minimum atomic E-state index is -4.06. The number of carbonyl (C=O) groups excluding carboxylic acids is 2. The first-order valence-electron chi connectivity index (χ1n) is 8.32. The van der Waals surface area contributed by atoms with E-state index in [-0.39, 0.29) is 18.9 Å². The molecule has 2 saturated heterocycles. The third-order valence-corrected chi connectivity index (χ3v) is 7.32. The Morgan fingerprint density at radius 2 is 1.63 bits per heavy atom. The van der Waals surface area contributed by atoms with Gasteiger partial charge in [0.05, 0.1) is 17.8 Å². The van der Waals surface area contributed by atoms with E-state index >= 15 is 0 Å². The van der Waals surface area contributed by atoms with Crippen LogP contribution in [0.2, 0.25) is 5.02 Å². The van der Waals surface area contributed by atoms with Crippen LogP contribution in [0.4, 0.5) is 10.5 Å². The Bertz CT molecular complexity index is 874. The van der Waals surface area contributed by atoms with Gasteiger partial charge in [0.1, 0.15) is 0 Å². The number of halogens is 1. The van der Waals surface area contributed by atoms with E-state index in [1.54, 1.807) is 6.07 Å². The topological polar surface area (TPSA) is 107 Å². The highest BCUT2D eigenvalue weighted by molar-refractivity contribution is 7.91. The maximum absolute atomic E-state index is 13.1. The molecule has 2 heterocycles. The number of amidine groups is 1. The maximum Gasteiger partial charge on any atom is 0.417 e. The summed E-state index contributed by atoms with van der Waals surface area (Å²) in [5, 5.41) is 4.83. The number of para-hydroxylation sites is 1. The Kier molecular flexibility index (Phi) is 5.15. The standard InChI is InChI=1S/C16H20ClN5O4S/c1-19-14(18)13(15(23)20(2)16(19)24)27(25,26)22-9-7-21(8-10-22)12-6-4-3-5-11(12)17/h3-6,13,18H,7-10H2,1-2H3/p+1. The van der Waals surface area contributed by atoms with Gasteiger partial charge in [0.2, 0.25) is 10.0 Å². The number of hydrogen-bond acceptors (Lipinski definition) is 5. The number of sulfonamides is 1. The average Bonchev–Trinajstić information content (AvgIpc) is 2.65. The van der Waals surface area contributed by atoms with Gasteiger partial charge in [-0.1, -0.05) is 23.7 Å². The molecule has 11 heteroatoms. The van der Waals surface area contributed by atoms with Crippen LogP contribution in [0.15, 0.2) is 24.3 Å². The van der Waals surface area contributed by atoms with Gasteiger partial charge in [-0.05, 0) is 12.1 Å². The second kappa shape index (κ2) is 7.10. The molecule has 3 amide bonds. The molecule has 0 spiro atoms. The van der Waals surface area contributed by atoms with Crippen molar-refractivity contribution in [3.63, 3.8) is 0 Å². The zero-order chi connectivity index (χ0) is 19.9. The molecule has 1 atom stereocenters. The first-order valence-corrected chi connectivity index (χ1v) is 10.2. The lowest BCUT2D eigenvalue weighted by atomic mass is 10.2. The summed E-state index contributed by atoms with van der Waals surface area (Å²) in [7, 11) is -1.47. The van der Waals surface area contributed by atoms with Crippen LogP contribution in [-0.2, 0) is 14.8 Å². The molecular weight excluding hydrogens is 394 g/mol. The predicted molar refractivity (Wildman–Crippen MR) is 101 cm³/mol. The normalized spacial score (nSPS) is 22.6. The Morgan fingerprint density at radius 1 is 1.04 bits per heavy atom. The van der Waals surface area contributed by atoms with Crippen molar-refractivity contribution < 1.29 is 23.4 Å². The number of anilines is 1. The number of hydrogen-bond donors (Lipinski definition) is 1. The Balaban J connectivity index is 1.79. The maximum atomic E-state index is 13.1. The number of rotatable bonds is 3. The molecule has 27 heavy (non-hydrogen) atoms. The van der Waals surface area contributed by atoms with E-state index in [1.807, 2.05) is 23.1 Å². The van der Waals surface area contributed by atoms with Crippen LogP contribution in [0, 0.1) is 0 Å². The molecule has 0 aromatic heterocycles. The lowest BCUT2D eigenvalue weighted by Gasteiger charge is -2.38. The number of benzene rings is 1. The molecule has 1 aromatic carbocycles. The highest BCUT2D eigenvalue weighted by Crippen LogP contribution is 2.27. The summed E-state index contributed by atoms with van der Waals surface area (Å²) >= 11 is 6.21. The molecule has 2 aliphatic heterocycles. The van der Waals surface area contributed by atoms with E-state index in [1.165, 1.54) is 18.4 Å². The molecule has 9 nitrogen and oxygen atoms in total. The smallest absolute Gasteiger partial charge is 0.368 e. The molecule has 1 aromatic rings. The van der Waals surface area contributed by atoms with E-state index < -0.39 is 27.2 Å². The van der Waals surface area contributed by atoms with Crippen molar-refractivity contribution in [3.05, 3.63) is 29.3 Å². The van der Waals surface area contributed by atoms with Crippen molar-refractivity contribution in [2.24, 2.45) is 0 Å². The summed E-state index contributed by atoms with van der Waals surface area (Å²) in [6, 6.07) is 6.68. The van der Waals surface area contributed by atoms with E-state index in [4.69, 9.17) is 17.0 Å². The van der Waals surface area contributed by atoms with E-state index in [0.29, 0.717) is 18.1 Å². The van der Waals surface area contributed by atoms with Crippen molar-refractivity contribution in [2.45, 2.75) is 5.25 Å². The molecule has 0 radical (unpaired) electrons. The van der Waals surface area contributed by atoms with Gasteiger partial charge >= 0.3 is 6.03 Å². The summed E-state index contributed by atoms with van der Waals surface area (Å²) in [5.41, 5.74) is 0.834. The molecule has 0 bridgehead atoms. The van der Waals surface area contributed by atoms with Crippen molar-refractivity contribution in [2.75, 3.05) is 45.2 Å². The minimum Gasteiger partial charge on any atom is -0.368 e. The molecule has 146 valence electrons. The lowest BCUT2D eigenvalue weighted by molar-refractivity contribution is -0.140. The number of piperazine rings is 1. The van der Waals surface area contributed by atoms with Crippen molar-refractivity contribution >= 4 is 45.1 Å². The number of urea groups is 1. The van der Waals surface area contributed by atoms with E-state index in [9.17, 15) is 18.0 Å². The minimum absolute atomic E-state index is 0.186. The SMILES string of the molecule is CN1C(=[NH2+])C(S(=O)(=O)N2CCN(c3ccccc3Cl)CC2)C(=O)N(C)C1=O. The van der Waals surface area contributed by atoms with Crippen LogP contribution in [0.5, 0.6) is 0 Å². The van der Waals surface area contributed by atoms with Gasteiger partial charge in [-0.15, -0.1) is 0 Å². The number of amides is 3. The second-order valence-corrected chi connectivity index (χ2v) is 8.85. The van der Waals surface area contributed by atoms with Gasteiger partial charge in [0, 0.05) is 33.2 Å². The highest BCUT2D eigenvalue weighted by atomic mass is 35.5. The fourth-order valence-corrected chi connectivity index (χ4v) is 5.33. The van der Waals surface area contributed by atoms with E-state index in [0.717, 1.165) is 15.5 Å². The van der Waals surface area contributed by atoms with Gasteiger partial charge in [-0.2, -0.15) is 9.21 Å². The number of carbonyl (C=O) groups is 2. The highest BCUT2D eigenvalue weighted by Gasteiger charge is 2.54. The largest absolute Gasteiger partial charge is 0.417 e. The molecule has 2 fully saturated rings. The van der Waals surface area contributed by atoms with Crippen molar-refractivity contribution in [3.8, 4) is 0 Å². The van der Waals surface area contributed by atoms with Crippen LogP contribution in [-0.4, -0.2) is 85.8 Å². The molecule has 2 N–H and O–H groups in total. The molecule has 1 unspecified atom stereocenters. The molecule has 2 aliphatic rings. The summed E-state index contributed by atoms with van der Waals surface area (Å²) in [4.78, 5) is 28.1. The number of imide groups is 1. The van der Waals surface area contributed by atoms with Crippen LogP contribution in [0.1, 0.15) is 0 Å². The van der Waals surface area contributed by atoms with Gasteiger partial charge in [0.25, 0.3) is 17.0 Å². The van der Waals surface area contributed by atoms with Crippen molar-refractivity contribution in [1.29, 1.82) is 0 Å². The lowest BCUT2D eigenvalue weighted by Crippen LogP contribution is -2.71. The zero-order valence-corrected chi connectivity index (χ0v) is 16.6. The monoisotopic (exact) mass is 414 g/mol. The van der Waals surface area contributed by atoms with Crippen LogP contribution in [0.25, 0.3) is 0 Å². The van der Waals surface area contributed by atoms with Gasteiger partial charge in [-0.25, -0.2) is 18.1 Å². The fraction of sp³-hybridized carbons (Fsp3) is 0.438. The Labute approximate surface area is 162 Å². The summed E-state index contributed by atoms with van der Waals surface area (Å²) in [6.07, 6.45) is 0. The third-order valence-electron chi connectivity index (χ3n) is 4.87. The molecular formula is C16H21ClN5O4S+. The zero-order valence-electron chi connectivity index (χ0n) is 15.0. The summed E-state index contributed by atoms with van der Waals surface area (Å²) < 4.78 is 27.4. The first-order chi connectivity index (χ1) is 12.7. The summed E-state index contributed by atoms with van der Waals surface area (Å²) in [6.45, 7) is 1.22. The molecule has 0 saturated carbocycles. The fourth-order valence-electron chi connectivity index (χ4n) is 3.23. The third kappa shape index (κ3) is 3.28. The van der Waals surface area contributed by atoms with Gasteiger partial charge in [-0.3, -0.25) is 10.2 Å². The summed E-state index contributed by atoms with van der Waals surface area (Å²) in [5.74, 6) is -1.12. The van der Waals surface area contributed by atoms with Crippen LogP contribution in [0.3, 0.4) is 0 Å². The number of nitrogens with two attached hydrogens (primary N) is 1. The second-order valence-electron chi connectivity index (χ2n) is 6.43.